The van der Waals surface area contributed by atoms with E-state index in [1.165, 1.54) is 30.6 Å². The molecule has 0 aromatic heterocycles. The zero-order chi connectivity index (χ0) is 47.7. The number of aldehydes is 1. The molecule has 1 aliphatic carbocycles. The zero-order valence-corrected chi connectivity index (χ0v) is 35.8. The number of benzene rings is 1. The number of carboxylic acid groups (broad SMARTS) is 1. The number of ether oxygens (including phenoxy) is 4. The number of rotatable bonds is 13. The van der Waals surface area contributed by atoms with Crippen LogP contribution in [0.25, 0.3) is 0 Å². The summed E-state index contributed by atoms with van der Waals surface area (Å²) in [5.74, 6) is -3.14. The van der Waals surface area contributed by atoms with Crippen molar-refractivity contribution >= 4 is 47.8 Å². The fraction of sp³-hybridized carbons (Fsp3) is 0.676. The number of carbonyl (C=O) groups is 4. The van der Waals surface area contributed by atoms with Crippen molar-refractivity contribution in [3.8, 4) is 0 Å². The van der Waals surface area contributed by atoms with Gasteiger partial charge in [-0.1, -0.05) is 30.3 Å². The van der Waals surface area contributed by atoms with Gasteiger partial charge in [0.25, 0.3) is 0 Å². The van der Waals surface area contributed by atoms with Crippen LogP contribution in [-0.4, -0.2) is 209 Å². The van der Waals surface area contributed by atoms with Gasteiger partial charge in [-0.15, -0.1) is 11.8 Å². The summed E-state index contributed by atoms with van der Waals surface area (Å²) < 4.78 is 22.3. The first-order chi connectivity index (χ1) is 29.9. The van der Waals surface area contributed by atoms with Crippen LogP contribution in [0.2, 0.25) is 0 Å². The number of β-lactam (4-membered cyclic amide) rings is 1. The molecule has 26 nitrogen and oxygen atoms in total. The number of hydrogen-bond donors (Lipinski definition) is 17. The van der Waals surface area contributed by atoms with E-state index in [1.54, 1.807) is 38.1 Å². The normalized spacial score (nSPS) is 40.4. The molecule has 4 aliphatic heterocycles. The molecule has 64 heavy (non-hydrogen) atoms. The average Bonchev–Trinajstić information content (AvgIpc) is 3.64. The number of carboxylic acids is 1. The Morgan fingerprint density at radius 1 is 0.922 bits per heavy atom. The second-order valence-corrected chi connectivity index (χ2v) is 18.2. The minimum atomic E-state index is -2.39. The van der Waals surface area contributed by atoms with Crippen LogP contribution in [0.5, 0.6) is 0 Å². The van der Waals surface area contributed by atoms with Crippen LogP contribution in [0.1, 0.15) is 32.4 Å². The lowest BCUT2D eigenvalue weighted by Gasteiger charge is -2.47. The highest BCUT2D eigenvalue weighted by atomic mass is 32.2. The van der Waals surface area contributed by atoms with Crippen LogP contribution >= 0.6 is 11.8 Å². The van der Waals surface area contributed by atoms with E-state index in [0.29, 0.717) is 5.56 Å². The number of amides is 2. The van der Waals surface area contributed by atoms with Crippen molar-refractivity contribution in [2.75, 3.05) is 13.7 Å². The molecule has 4 saturated heterocycles. The molecule has 20 N–H and O–H groups in total. The Balaban J connectivity index is 0.000000272. The summed E-state index contributed by atoms with van der Waals surface area (Å²) in [4.78, 5) is 49.5. The minimum Gasteiger partial charge on any atom is -0.480 e. The van der Waals surface area contributed by atoms with Gasteiger partial charge in [-0.05, 0) is 33.4 Å². The zero-order valence-electron chi connectivity index (χ0n) is 35.0. The van der Waals surface area contributed by atoms with Gasteiger partial charge >= 0.3 is 5.97 Å². The maximum atomic E-state index is 12.3. The van der Waals surface area contributed by atoms with Gasteiger partial charge in [-0.3, -0.25) is 25.2 Å². The average molecular weight is 931 g/mol. The lowest BCUT2D eigenvalue weighted by atomic mass is 9.81. The predicted molar refractivity (Wildman–Crippen MR) is 220 cm³/mol. The van der Waals surface area contributed by atoms with Gasteiger partial charge in [0.1, 0.15) is 66.2 Å². The molecular formula is C37H58N10O16S. The molecule has 1 aromatic carbocycles. The monoisotopic (exact) mass is 930 g/mol. The molecule has 19 atom stereocenters. The van der Waals surface area contributed by atoms with Gasteiger partial charge in [-0.25, -0.2) is 4.79 Å². The maximum absolute atomic E-state index is 12.3. The molecule has 1 aromatic rings. The highest BCUT2D eigenvalue weighted by molar-refractivity contribution is 8.01. The third-order valence-corrected chi connectivity index (χ3v) is 13.4. The molecular weight excluding hydrogens is 873 g/mol. The van der Waals surface area contributed by atoms with E-state index in [2.05, 4.69) is 21.3 Å². The Morgan fingerprint density at radius 2 is 1.52 bits per heavy atom. The van der Waals surface area contributed by atoms with E-state index < -0.39 is 145 Å². The number of fused-ring (bicyclic) bond motifs is 1. The third-order valence-electron chi connectivity index (χ3n) is 11.9. The topological polar surface area (TPSA) is 444 Å². The molecule has 0 radical (unpaired) electrons. The summed E-state index contributed by atoms with van der Waals surface area (Å²) in [6, 6.07) is 2.42. The third kappa shape index (κ3) is 9.77. The van der Waals surface area contributed by atoms with E-state index in [1.807, 2.05) is 6.07 Å². The van der Waals surface area contributed by atoms with Crippen LogP contribution < -0.4 is 38.5 Å². The van der Waals surface area contributed by atoms with E-state index in [9.17, 15) is 60.0 Å². The number of nitrogens with one attached hydrogen (secondary N) is 6. The Labute approximate surface area is 370 Å². The highest BCUT2D eigenvalue weighted by Crippen LogP contribution is 2.51. The van der Waals surface area contributed by atoms with Crippen LogP contribution in [-0.2, 0) is 38.1 Å². The molecule has 2 amide bonds. The standard InChI is InChI=1S/C21H39N7O12.C16H19N3O4S/c1-5-21(36,4-30)16(40-17-9(26-2)13(34)10(31)6(3-29)38-17)18(37-5)39-15-8(28-20(24)25)11(32)7(27-19(22)23)12(33)14(15)35;1-16(2)11(15(22)23)19-13(21)10(14(19)24-16)18-12(20)9(17)8-6-4-3-5-7-8/h4-18,26,29,31-36H,3H2,1-2H3,(H4,22,23,27)(H4,24,25,28);3-7,9-11,14H,17H2,1-2H3,(H,18,20)(H,22,23)/t5-,6-,7+,8-,9-,10-,11+,12-,13-,14+,15+,16-,17-,18-,21+;9-,10-,11+,14-/m01/s1. The fourth-order valence-corrected chi connectivity index (χ4v) is 10.0. The van der Waals surface area contributed by atoms with Crippen LogP contribution in [0.3, 0.4) is 0 Å². The fourth-order valence-electron chi connectivity index (χ4n) is 8.38. The number of aliphatic hydroxyl groups excluding tert-OH is 6. The number of likely N-dealkylation sites (N-methyl/N-ethyl adjacent to an activating group) is 1. The number of carbonyl (C=O) groups excluding carboxylic acids is 3. The van der Waals surface area contributed by atoms with Gasteiger partial charge in [0.15, 0.2) is 36.4 Å². The Hall–Kier alpha value is -4.33. The van der Waals surface area contributed by atoms with E-state index in [4.69, 9.17) is 47.0 Å². The molecule has 1 saturated carbocycles. The first kappa shape index (κ1) is 50.7. The van der Waals surface area contributed by atoms with Gasteiger partial charge < -0.3 is 103 Å². The van der Waals surface area contributed by atoms with Crippen LogP contribution in [0, 0.1) is 10.8 Å². The van der Waals surface area contributed by atoms with E-state index in [-0.39, 0.29) is 17.6 Å². The number of nitrogens with zero attached hydrogens (tertiary/aromatic N) is 1. The van der Waals surface area contributed by atoms with Gasteiger partial charge in [-0.2, -0.15) is 0 Å². The quantitative estimate of drug-likeness (QED) is 0.0378. The molecule has 0 spiro atoms. The van der Waals surface area contributed by atoms with Gasteiger partial charge in [0.2, 0.25) is 11.8 Å². The number of nitrogens with two attached hydrogens (primary N) is 3. The summed E-state index contributed by atoms with van der Waals surface area (Å²) >= 11 is 1.38. The molecule has 5 fully saturated rings. The number of aliphatic hydroxyl groups is 7. The first-order valence-corrected chi connectivity index (χ1v) is 20.9. The second kappa shape index (κ2) is 20.0. The molecule has 5 aliphatic rings. The van der Waals surface area contributed by atoms with Crippen molar-refractivity contribution in [3.05, 3.63) is 35.9 Å². The second-order valence-electron chi connectivity index (χ2n) is 16.4. The van der Waals surface area contributed by atoms with Gasteiger partial charge in [0.05, 0.1) is 36.9 Å². The summed E-state index contributed by atoms with van der Waals surface area (Å²) in [5, 5.41) is 108. The van der Waals surface area contributed by atoms with Gasteiger partial charge in [0, 0.05) is 4.75 Å². The van der Waals surface area contributed by atoms with E-state index in [0.717, 1.165) is 0 Å². The number of aliphatic carboxylic acids is 1. The molecule has 0 unspecified atom stereocenters. The SMILES string of the molecule is CC1(C)S[C@@H]2[C@H](NC(=O)[C@H](N)c3ccccc3)C(=O)N2[C@H]1C(=O)O.CN[C@@H]1[C@H](O[C@H]2[C@H](O[C@H]3[C@H](O)[C@@H](O)[C@H](NC(=N)N)[C@@H](O)[C@@H]3NC(=N)N)O[C@@H](C)[C@]2(O)C=O)O[C@@H](CO)[C@H](O)[C@H]1O. The number of guanidine groups is 2. The Morgan fingerprint density at radius 3 is 2.06 bits per heavy atom. The van der Waals surface area contributed by atoms with Crippen molar-refractivity contribution in [3.63, 3.8) is 0 Å². The maximum Gasteiger partial charge on any atom is 0.327 e. The van der Waals surface area contributed by atoms with Crippen molar-refractivity contribution in [1.82, 2.24) is 26.2 Å². The van der Waals surface area contributed by atoms with Crippen molar-refractivity contribution < 1.29 is 79.0 Å². The van der Waals surface area contributed by atoms with E-state index >= 15 is 0 Å². The minimum absolute atomic E-state index is 0.136. The highest BCUT2D eigenvalue weighted by Gasteiger charge is 2.65. The Kier molecular flexibility index (Phi) is 15.9. The first-order valence-electron chi connectivity index (χ1n) is 20.0. The summed E-state index contributed by atoms with van der Waals surface area (Å²) in [6.07, 6.45) is -17.3. The summed E-state index contributed by atoms with van der Waals surface area (Å²) in [5.41, 5.74) is 15.0. The number of thioether (sulfide) groups is 1. The molecule has 6 rings (SSSR count). The van der Waals surface area contributed by atoms with Crippen molar-refractivity contribution in [1.29, 1.82) is 10.8 Å². The predicted octanol–water partition coefficient (Wildman–Crippen LogP) is -7.42. The molecule has 27 heteroatoms. The van der Waals surface area contributed by atoms with Crippen molar-refractivity contribution in [2.24, 2.45) is 17.2 Å². The molecule has 0 bridgehead atoms. The Bertz CT molecular complexity index is 1880. The summed E-state index contributed by atoms with van der Waals surface area (Å²) in [6.45, 7) is 4.19. The number of hydrogen-bond acceptors (Lipinski definition) is 20. The molecule has 358 valence electrons. The molecule has 4 heterocycles. The van der Waals surface area contributed by atoms with Crippen LogP contribution in [0.15, 0.2) is 30.3 Å². The summed E-state index contributed by atoms with van der Waals surface area (Å²) in [7, 11) is 1.41. The smallest absolute Gasteiger partial charge is 0.327 e. The van der Waals surface area contributed by atoms with Crippen molar-refractivity contribution in [2.45, 2.75) is 140 Å². The lowest BCUT2D eigenvalue weighted by molar-refractivity contribution is -0.314. The largest absolute Gasteiger partial charge is 0.480 e. The lowest BCUT2D eigenvalue weighted by Crippen LogP contribution is -2.73. The van der Waals surface area contributed by atoms with Crippen LogP contribution in [0.4, 0.5) is 0 Å².